The van der Waals surface area contributed by atoms with Gasteiger partial charge in [0.25, 0.3) is 0 Å². The van der Waals surface area contributed by atoms with E-state index < -0.39 is 0 Å². The van der Waals surface area contributed by atoms with Crippen molar-refractivity contribution in [2.45, 2.75) is 19.4 Å². The molecule has 1 atom stereocenters. The second kappa shape index (κ2) is 4.57. The van der Waals surface area contributed by atoms with Crippen molar-refractivity contribution < 1.29 is 9.13 Å². The number of anilines is 1. The quantitative estimate of drug-likeness (QED) is 0.882. The molecule has 2 nitrogen and oxygen atoms in total. The Morgan fingerprint density at radius 1 is 1.21 bits per heavy atom. The fourth-order valence-corrected chi connectivity index (χ4v) is 2.66. The maximum Gasteiger partial charge on any atom is 0.124 e. The molecule has 2 aromatic carbocycles. The van der Waals surface area contributed by atoms with Gasteiger partial charge in [0.1, 0.15) is 11.6 Å². The average molecular weight is 257 g/mol. The van der Waals surface area contributed by atoms with Crippen LogP contribution in [0.15, 0.2) is 36.4 Å². The minimum atomic E-state index is -0.232. The Hall–Kier alpha value is -2.03. The first-order valence-corrected chi connectivity index (χ1v) is 6.37. The highest BCUT2D eigenvalue weighted by molar-refractivity contribution is 5.60. The third kappa shape index (κ3) is 2.16. The molecule has 0 saturated heterocycles. The van der Waals surface area contributed by atoms with Crippen LogP contribution in [0.4, 0.5) is 10.1 Å². The fourth-order valence-electron chi connectivity index (χ4n) is 2.66. The van der Waals surface area contributed by atoms with Crippen molar-refractivity contribution in [1.82, 2.24) is 0 Å². The summed E-state index contributed by atoms with van der Waals surface area (Å²) in [7, 11) is 1.61. The van der Waals surface area contributed by atoms with Crippen molar-refractivity contribution in [3.05, 3.63) is 58.9 Å². The fraction of sp³-hybridized carbons (Fsp3) is 0.250. The monoisotopic (exact) mass is 257 g/mol. The molecule has 98 valence electrons. The molecule has 19 heavy (non-hydrogen) atoms. The Morgan fingerprint density at radius 2 is 2.05 bits per heavy atom. The van der Waals surface area contributed by atoms with E-state index in [1.807, 2.05) is 0 Å². The number of methoxy groups -OCH3 is 1. The van der Waals surface area contributed by atoms with E-state index in [9.17, 15) is 4.39 Å². The predicted molar refractivity (Wildman–Crippen MR) is 74.2 cm³/mol. The van der Waals surface area contributed by atoms with Gasteiger partial charge >= 0.3 is 0 Å². The van der Waals surface area contributed by atoms with Gasteiger partial charge in [0.15, 0.2) is 0 Å². The third-order valence-corrected chi connectivity index (χ3v) is 3.58. The highest BCUT2D eigenvalue weighted by Gasteiger charge is 2.24. The van der Waals surface area contributed by atoms with Crippen LogP contribution in [0.25, 0.3) is 0 Å². The smallest absolute Gasteiger partial charge is 0.124 e. The Labute approximate surface area is 112 Å². The highest BCUT2D eigenvalue weighted by atomic mass is 19.1. The molecule has 0 fully saturated rings. The molecule has 1 unspecified atom stereocenters. The van der Waals surface area contributed by atoms with Gasteiger partial charge in [0, 0.05) is 11.3 Å². The summed E-state index contributed by atoms with van der Waals surface area (Å²) in [5.74, 6) is 0.494. The van der Waals surface area contributed by atoms with Crippen molar-refractivity contribution in [1.29, 1.82) is 0 Å². The van der Waals surface area contributed by atoms with Crippen LogP contribution in [0.5, 0.6) is 5.75 Å². The van der Waals surface area contributed by atoms with Gasteiger partial charge in [-0.1, -0.05) is 17.7 Å². The van der Waals surface area contributed by atoms with Gasteiger partial charge in [-0.25, -0.2) is 4.39 Å². The van der Waals surface area contributed by atoms with Gasteiger partial charge in [0.05, 0.1) is 13.2 Å². The van der Waals surface area contributed by atoms with Crippen LogP contribution < -0.4 is 10.1 Å². The first-order chi connectivity index (χ1) is 9.17. The molecule has 0 bridgehead atoms. The lowest BCUT2D eigenvalue weighted by atomic mass is 10.0. The number of hydrogen-bond acceptors (Lipinski definition) is 2. The zero-order valence-corrected chi connectivity index (χ0v) is 11.0. The van der Waals surface area contributed by atoms with E-state index in [-0.39, 0.29) is 11.9 Å². The molecule has 0 radical (unpaired) electrons. The number of ether oxygens (including phenoxy) is 1. The highest BCUT2D eigenvalue weighted by Crippen LogP contribution is 2.38. The molecule has 0 saturated carbocycles. The van der Waals surface area contributed by atoms with E-state index in [4.69, 9.17) is 4.74 Å². The lowest BCUT2D eigenvalue weighted by Crippen LogP contribution is -2.08. The number of benzene rings is 2. The molecular weight excluding hydrogens is 241 g/mol. The Bertz CT molecular complexity index is 624. The van der Waals surface area contributed by atoms with Gasteiger partial charge in [0.2, 0.25) is 0 Å². The maximum absolute atomic E-state index is 13.4. The van der Waals surface area contributed by atoms with Crippen LogP contribution in [0, 0.1) is 12.7 Å². The van der Waals surface area contributed by atoms with Crippen LogP contribution in [0.3, 0.4) is 0 Å². The normalized spacial score (nSPS) is 16.9. The number of nitrogens with one attached hydrogen (secondary N) is 1. The summed E-state index contributed by atoms with van der Waals surface area (Å²) < 4.78 is 18.8. The Morgan fingerprint density at radius 3 is 2.84 bits per heavy atom. The van der Waals surface area contributed by atoms with E-state index in [2.05, 4.69) is 30.4 Å². The van der Waals surface area contributed by atoms with Crippen molar-refractivity contribution in [2.24, 2.45) is 0 Å². The van der Waals surface area contributed by atoms with Gasteiger partial charge in [-0.05, 0) is 43.2 Å². The lowest BCUT2D eigenvalue weighted by Gasteiger charge is -2.15. The van der Waals surface area contributed by atoms with Gasteiger partial charge in [-0.15, -0.1) is 0 Å². The molecule has 0 spiro atoms. The average Bonchev–Trinajstić information content (AvgIpc) is 2.81. The van der Waals surface area contributed by atoms with Crippen LogP contribution in [-0.4, -0.2) is 7.11 Å². The van der Waals surface area contributed by atoms with Crippen molar-refractivity contribution in [3.8, 4) is 5.75 Å². The van der Waals surface area contributed by atoms with Crippen LogP contribution in [-0.2, 0) is 6.42 Å². The summed E-state index contributed by atoms with van der Waals surface area (Å²) >= 11 is 0. The van der Waals surface area contributed by atoms with Gasteiger partial charge in [-0.3, -0.25) is 0 Å². The molecular formula is C16H16FNO. The minimum Gasteiger partial charge on any atom is -0.496 e. The van der Waals surface area contributed by atoms with Crippen LogP contribution in [0.2, 0.25) is 0 Å². The lowest BCUT2D eigenvalue weighted by molar-refractivity contribution is 0.406. The molecule has 1 aliphatic heterocycles. The second-order valence-corrected chi connectivity index (χ2v) is 4.95. The number of hydrogen-bond donors (Lipinski definition) is 1. The first-order valence-electron chi connectivity index (χ1n) is 6.37. The molecule has 1 aliphatic rings. The second-order valence-electron chi connectivity index (χ2n) is 4.95. The largest absolute Gasteiger partial charge is 0.496 e. The van der Waals surface area contributed by atoms with Crippen LogP contribution >= 0.6 is 0 Å². The Balaban J connectivity index is 1.96. The molecule has 0 aliphatic carbocycles. The molecule has 3 rings (SSSR count). The van der Waals surface area contributed by atoms with Gasteiger partial charge < -0.3 is 10.1 Å². The zero-order chi connectivity index (χ0) is 13.4. The molecule has 0 aromatic heterocycles. The van der Waals surface area contributed by atoms with Crippen molar-refractivity contribution >= 4 is 5.69 Å². The van der Waals surface area contributed by atoms with E-state index in [1.54, 1.807) is 19.2 Å². The number of halogens is 1. The van der Waals surface area contributed by atoms with Crippen molar-refractivity contribution in [3.63, 3.8) is 0 Å². The topological polar surface area (TPSA) is 21.3 Å². The standard InChI is InChI=1S/C16H16FNO/c1-10-3-5-14-11(7-10)8-15(18-14)13-9-12(17)4-6-16(13)19-2/h3-7,9,15,18H,8H2,1-2H3. The summed E-state index contributed by atoms with van der Waals surface area (Å²) in [6.45, 7) is 2.08. The number of aryl methyl sites for hydroxylation is 1. The summed E-state index contributed by atoms with van der Waals surface area (Å²) in [5, 5.41) is 3.43. The summed E-state index contributed by atoms with van der Waals surface area (Å²) in [4.78, 5) is 0. The first kappa shape index (κ1) is 12.0. The van der Waals surface area contributed by atoms with E-state index in [0.717, 1.165) is 23.4 Å². The molecule has 2 aromatic rings. The third-order valence-electron chi connectivity index (χ3n) is 3.58. The van der Waals surface area contributed by atoms with Gasteiger partial charge in [-0.2, -0.15) is 0 Å². The predicted octanol–water partition coefficient (Wildman–Crippen LogP) is 3.85. The molecule has 1 N–H and O–H groups in total. The number of fused-ring (bicyclic) bond motifs is 1. The zero-order valence-electron chi connectivity index (χ0n) is 11.0. The van der Waals surface area contributed by atoms with E-state index in [1.165, 1.54) is 17.2 Å². The van der Waals surface area contributed by atoms with Crippen LogP contribution in [0.1, 0.15) is 22.7 Å². The van der Waals surface area contributed by atoms with E-state index in [0.29, 0.717) is 0 Å². The SMILES string of the molecule is COc1ccc(F)cc1C1Cc2cc(C)ccc2N1. The summed E-state index contributed by atoms with van der Waals surface area (Å²) in [5.41, 5.74) is 4.52. The summed E-state index contributed by atoms with van der Waals surface area (Å²) in [6, 6.07) is 11.1. The Kier molecular flexibility index (Phi) is 2.90. The molecule has 1 heterocycles. The molecule has 0 amide bonds. The minimum absolute atomic E-state index is 0.0717. The molecule has 3 heteroatoms. The number of rotatable bonds is 2. The maximum atomic E-state index is 13.4. The summed E-state index contributed by atoms with van der Waals surface area (Å²) in [6.07, 6.45) is 0.858. The van der Waals surface area contributed by atoms with E-state index >= 15 is 0 Å². The van der Waals surface area contributed by atoms with Crippen molar-refractivity contribution in [2.75, 3.05) is 12.4 Å².